The van der Waals surface area contributed by atoms with Crippen LogP contribution in [0.15, 0.2) is 72.8 Å². The van der Waals surface area contributed by atoms with Crippen molar-refractivity contribution in [3.05, 3.63) is 83.9 Å². The van der Waals surface area contributed by atoms with Crippen LogP contribution in [0.3, 0.4) is 0 Å². The van der Waals surface area contributed by atoms with E-state index in [4.69, 9.17) is 0 Å². The minimum atomic E-state index is -0.0952. The zero-order valence-electron chi connectivity index (χ0n) is 11.4. The Hall–Kier alpha value is -2.15. The van der Waals surface area contributed by atoms with Crippen molar-refractivity contribution in [2.75, 3.05) is 0 Å². The lowest BCUT2D eigenvalue weighted by molar-refractivity contribution is -0.110. The molecule has 100 valence electrons. The van der Waals surface area contributed by atoms with Gasteiger partial charge in [-0.15, -0.1) is 0 Å². The molecule has 1 unspecified atom stereocenters. The SMILES string of the molecule is O=CC1C=CC(c2ccccc2)(c2ccccc2)CC1. The fourth-order valence-corrected chi connectivity index (χ4v) is 3.09. The summed E-state index contributed by atoms with van der Waals surface area (Å²) in [7, 11) is 0. The summed E-state index contributed by atoms with van der Waals surface area (Å²) in [5.74, 6) is 0.0653. The van der Waals surface area contributed by atoms with Crippen molar-refractivity contribution in [1.29, 1.82) is 0 Å². The van der Waals surface area contributed by atoms with Crippen molar-refractivity contribution >= 4 is 6.29 Å². The van der Waals surface area contributed by atoms with E-state index in [1.807, 2.05) is 12.1 Å². The van der Waals surface area contributed by atoms with Crippen LogP contribution in [0.4, 0.5) is 0 Å². The van der Waals surface area contributed by atoms with E-state index in [1.165, 1.54) is 11.1 Å². The summed E-state index contributed by atoms with van der Waals surface area (Å²) in [5.41, 5.74) is 2.50. The van der Waals surface area contributed by atoms with Gasteiger partial charge in [-0.25, -0.2) is 0 Å². The quantitative estimate of drug-likeness (QED) is 0.600. The van der Waals surface area contributed by atoms with Gasteiger partial charge in [0.25, 0.3) is 0 Å². The first-order chi connectivity index (χ1) is 9.85. The van der Waals surface area contributed by atoms with Crippen LogP contribution in [-0.2, 0) is 10.2 Å². The first kappa shape index (κ1) is 12.9. The molecule has 0 fully saturated rings. The first-order valence-corrected chi connectivity index (χ1v) is 7.11. The third-order valence-corrected chi connectivity index (χ3v) is 4.25. The van der Waals surface area contributed by atoms with Crippen molar-refractivity contribution in [1.82, 2.24) is 0 Å². The predicted molar refractivity (Wildman–Crippen MR) is 81.6 cm³/mol. The molecule has 0 heterocycles. The molecule has 0 saturated heterocycles. The van der Waals surface area contributed by atoms with Crippen LogP contribution in [0.25, 0.3) is 0 Å². The minimum absolute atomic E-state index is 0.0653. The Labute approximate surface area is 120 Å². The monoisotopic (exact) mass is 262 g/mol. The van der Waals surface area contributed by atoms with Crippen LogP contribution < -0.4 is 0 Å². The number of carbonyl (C=O) groups excluding carboxylic acids is 1. The van der Waals surface area contributed by atoms with E-state index in [0.717, 1.165) is 19.1 Å². The number of carbonyl (C=O) groups is 1. The number of aldehydes is 1. The second-order valence-electron chi connectivity index (χ2n) is 5.40. The van der Waals surface area contributed by atoms with Gasteiger partial charge >= 0.3 is 0 Å². The summed E-state index contributed by atoms with van der Waals surface area (Å²) >= 11 is 0. The lowest BCUT2D eigenvalue weighted by Gasteiger charge is -2.36. The standard InChI is InChI=1S/C19H18O/c20-15-16-11-13-19(14-12-16,17-7-3-1-4-8-17)18-9-5-2-6-10-18/h1-11,13,15-16H,12,14H2. The maximum atomic E-state index is 11.0. The molecule has 1 heteroatoms. The van der Waals surface area contributed by atoms with Crippen LogP contribution >= 0.6 is 0 Å². The van der Waals surface area contributed by atoms with E-state index >= 15 is 0 Å². The number of rotatable bonds is 3. The largest absolute Gasteiger partial charge is 0.303 e. The van der Waals surface area contributed by atoms with Gasteiger partial charge in [0.15, 0.2) is 0 Å². The molecule has 0 aliphatic heterocycles. The van der Waals surface area contributed by atoms with Gasteiger partial charge in [-0.2, -0.15) is 0 Å². The maximum Gasteiger partial charge on any atom is 0.126 e. The highest BCUT2D eigenvalue weighted by molar-refractivity contribution is 5.58. The van der Waals surface area contributed by atoms with Crippen LogP contribution in [0.1, 0.15) is 24.0 Å². The maximum absolute atomic E-state index is 11.0. The molecule has 1 atom stereocenters. The molecule has 20 heavy (non-hydrogen) atoms. The molecule has 2 aromatic rings. The van der Waals surface area contributed by atoms with E-state index in [0.29, 0.717) is 0 Å². The van der Waals surface area contributed by atoms with Gasteiger partial charge in [-0.3, -0.25) is 0 Å². The molecule has 0 radical (unpaired) electrons. The highest BCUT2D eigenvalue weighted by atomic mass is 16.1. The van der Waals surface area contributed by atoms with Gasteiger partial charge < -0.3 is 4.79 Å². The highest BCUT2D eigenvalue weighted by Gasteiger charge is 2.34. The Balaban J connectivity index is 2.12. The molecule has 0 aromatic heterocycles. The van der Waals surface area contributed by atoms with Gasteiger partial charge in [0, 0.05) is 11.3 Å². The minimum Gasteiger partial charge on any atom is -0.303 e. The summed E-state index contributed by atoms with van der Waals surface area (Å²) in [6.07, 6.45) is 7.22. The third-order valence-electron chi connectivity index (χ3n) is 4.25. The first-order valence-electron chi connectivity index (χ1n) is 7.11. The molecule has 0 spiro atoms. The Morgan fingerprint density at radius 2 is 1.45 bits per heavy atom. The Morgan fingerprint density at radius 3 is 1.85 bits per heavy atom. The average Bonchev–Trinajstić information content (AvgIpc) is 2.56. The number of hydrogen-bond donors (Lipinski definition) is 0. The fourth-order valence-electron chi connectivity index (χ4n) is 3.09. The number of hydrogen-bond acceptors (Lipinski definition) is 1. The van der Waals surface area contributed by atoms with E-state index in [-0.39, 0.29) is 11.3 Å². The van der Waals surface area contributed by atoms with Crippen molar-refractivity contribution in [3.8, 4) is 0 Å². The second kappa shape index (κ2) is 5.46. The molecule has 0 saturated carbocycles. The summed E-state index contributed by atoms with van der Waals surface area (Å²) in [6.45, 7) is 0. The van der Waals surface area contributed by atoms with E-state index in [2.05, 4.69) is 60.7 Å². The zero-order valence-corrected chi connectivity index (χ0v) is 11.4. The molecule has 1 nitrogen and oxygen atoms in total. The summed E-state index contributed by atoms with van der Waals surface area (Å²) in [5, 5.41) is 0. The van der Waals surface area contributed by atoms with Gasteiger partial charge in [0.1, 0.15) is 6.29 Å². The van der Waals surface area contributed by atoms with E-state index in [1.54, 1.807) is 0 Å². The molecule has 0 bridgehead atoms. The Bertz CT molecular complexity index is 559. The van der Waals surface area contributed by atoms with Crippen molar-refractivity contribution < 1.29 is 4.79 Å². The smallest absolute Gasteiger partial charge is 0.126 e. The van der Waals surface area contributed by atoms with Crippen LogP contribution in [0.5, 0.6) is 0 Å². The van der Waals surface area contributed by atoms with Crippen LogP contribution in [0.2, 0.25) is 0 Å². The summed E-state index contributed by atoms with van der Waals surface area (Å²) < 4.78 is 0. The van der Waals surface area contributed by atoms with Crippen LogP contribution in [-0.4, -0.2) is 6.29 Å². The third kappa shape index (κ3) is 2.20. The molecule has 0 amide bonds. The lowest BCUT2D eigenvalue weighted by Crippen LogP contribution is -2.29. The average molecular weight is 262 g/mol. The molecule has 3 rings (SSSR count). The van der Waals surface area contributed by atoms with Gasteiger partial charge in [-0.1, -0.05) is 72.8 Å². The van der Waals surface area contributed by atoms with Crippen molar-refractivity contribution in [2.45, 2.75) is 18.3 Å². The molecule has 0 N–H and O–H groups in total. The Kier molecular flexibility index (Phi) is 3.51. The number of benzene rings is 2. The number of allylic oxidation sites excluding steroid dienone is 2. The highest BCUT2D eigenvalue weighted by Crippen LogP contribution is 2.42. The molecule has 1 aliphatic carbocycles. The Morgan fingerprint density at radius 1 is 0.900 bits per heavy atom. The molecule has 1 aliphatic rings. The van der Waals surface area contributed by atoms with Gasteiger partial charge in [-0.05, 0) is 24.0 Å². The second-order valence-corrected chi connectivity index (χ2v) is 5.40. The predicted octanol–water partition coefficient (Wildman–Crippen LogP) is 4.14. The molecular weight excluding hydrogens is 244 g/mol. The van der Waals surface area contributed by atoms with E-state index < -0.39 is 0 Å². The molecular formula is C19H18O. The fraction of sp³-hybridized carbons (Fsp3) is 0.211. The van der Waals surface area contributed by atoms with Gasteiger partial charge in [0.2, 0.25) is 0 Å². The normalized spacial score (nSPS) is 20.5. The topological polar surface area (TPSA) is 17.1 Å². The summed E-state index contributed by atoms with van der Waals surface area (Å²) in [6, 6.07) is 21.1. The van der Waals surface area contributed by atoms with Crippen molar-refractivity contribution in [2.24, 2.45) is 5.92 Å². The van der Waals surface area contributed by atoms with E-state index in [9.17, 15) is 4.79 Å². The van der Waals surface area contributed by atoms with Gasteiger partial charge in [0.05, 0.1) is 0 Å². The lowest BCUT2D eigenvalue weighted by atomic mass is 9.67. The molecule has 2 aromatic carbocycles. The van der Waals surface area contributed by atoms with Crippen molar-refractivity contribution in [3.63, 3.8) is 0 Å². The summed E-state index contributed by atoms with van der Waals surface area (Å²) in [4.78, 5) is 11.0. The zero-order chi connectivity index (χ0) is 13.8. The van der Waals surface area contributed by atoms with Crippen LogP contribution in [0, 0.1) is 5.92 Å².